The lowest BCUT2D eigenvalue weighted by Gasteiger charge is -2.12. The van der Waals surface area contributed by atoms with Crippen LogP contribution < -0.4 is 0 Å². The molecule has 0 bridgehead atoms. The van der Waals surface area contributed by atoms with E-state index in [9.17, 15) is 22.7 Å². The number of halogens is 4. The van der Waals surface area contributed by atoms with Gasteiger partial charge in [0.2, 0.25) is 0 Å². The summed E-state index contributed by atoms with van der Waals surface area (Å²) in [6, 6.07) is 2.31. The normalized spacial score (nSPS) is 13.6. The topological polar surface area (TPSA) is 46.0 Å². The van der Waals surface area contributed by atoms with Crippen LogP contribution in [-0.2, 0) is 6.18 Å². The fourth-order valence-electron chi connectivity index (χ4n) is 1.39. The van der Waals surface area contributed by atoms with Gasteiger partial charge in [-0.25, -0.2) is 4.39 Å². The highest BCUT2D eigenvalue weighted by atomic mass is 32.1. The molecule has 0 spiro atoms. The lowest BCUT2D eigenvalue weighted by atomic mass is 10.0. The van der Waals surface area contributed by atoms with Crippen LogP contribution >= 0.6 is 11.7 Å². The first-order valence-corrected chi connectivity index (χ1v) is 5.45. The molecule has 18 heavy (non-hydrogen) atoms. The third kappa shape index (κ3) is 2.49. The molecule has 2 aromatic rings. The Hall–Kier alpha value is -1.54. The van der Waals surface area contributed by atoms with Crippen LogP contribution in [0.5, 0.6) is 0 Å². The first-order chi connectivity index (χ1) is 8.39. The average Bonchev–Trinajstić information content (AvgIpc) is 2.80. The zero-order valence-corrected chi connectivity index (χ0v) is 9.46. The quantitative estimate of drug-likeness (QED) is 0.859. The lowest BCUT2D eigenvalue weighted by molar-refractivity contribution is -0.140. The van der Waals surface area contributed by atoms with Gasteiger partial charge in [0, 0.05) is 0 Å². The molecule has 0 saturated heterocycles. The summed E-state index contributed by atoms with van der Waals surface area (Å²) in [5, 5.41) is 9.78. The van der Waals surface area contributed by atoms with Gasteiger partial charge < -0.3 is 5.11 Å². The monoisotopic (exact) mass is 278 g/mol. The molecule has 0 aliphatic rings. The highest BCUT2D eigenvalue weighted by Gasteiger charge is 2.34. The zero-order chi connectivity index (χ0) is 13.3. The lowest BCUT2D eigenvalue weighted by Crippen LogP contribution is -2.10. The van der Waals surface area contributed by atoms with E-state index in [4.69, 9.17) is 0 Å². The fourth-order valence-corrected chi connectivity index (χ4v) is 1.84. The summed E-state index contributed by atoms with van der Waals surface area (Å²) in [6.45, 7) is 0. The van der Waals surface area contributed by atoms with Crippen LogP contribution in [0.25, 0.3) is 0 Å². The summed E-state index contributed by atoms with van der Waals surface area (Å²) in [7, 11) is 0. The minimum Gasteiger partial charge on any atom is -0.382 e. The molecule has 0 radical (unpaired) electrons. The van der Waals surface area contributed by atoms with E-state index in [0.717, 1.165) is 17.8 Å². The van der Waals surface area contributed by atoms with Gasteiger partial charge in [0.15, 0.2) is 0 Å². The minimum absolute atomic E-state index is 0.0866. The molecule has 3 nitrogen and oxygen atoms in total. The van der Waals surface area contributed by atoms with Crippen molar-refractivity contribution in [3.63, 3.8) is 0 Å². The molecule has 0 aliphatic carbocycles. The number of hydrogen-bond donors (Lipinski definition) is 1. The minimum atomic E-state index is -4.81. The Kier molecular flexibility index (Phi) is 3.31. The third-order valence-electron chi connectivity index (χ3n) is 2.27. The van der Waals surface area contributed by atoms with Crippen molar-refractivity contribution in [1.29, 1.82) is 0 Å². The Bertz CT molecular complexity index is 541. The number of nitrogens with zero attached hydrogens (tertiary/aromatic N) is 2. The predicted octanol–water partition coefficient (Wildman–Crippen LogP) is 2.78. The van der Waals surface area contributed by atoms with Crippen molar-refractivity contribution < 1.29 is 22.7 Å². The van der Waals surface area contributed by atoms with Crippen LogP contribution in [0, 0.1) is 5.82 Å². The smallest absolute Gasteiger partial charge is 0.382 e. The molecule has 0 fully saturated rings. The van der Waals surface area contributed by atoms with Crippen molar-refractivity contribution in [3.05, 3.63) is 47.0 Å². The number of alkyl halides is 3. The van der Waals surface area contributed by atoms with Crippen molar-refractivity contribution in [2.45, 2.75) is 12.3 Å². The van der Waals surface area contributed by atoms with Gasteiger partial charge in [0.05, 0.1) is 23.5 Å². The molecule has 1 N–H and O–H groups in total. The molecule has 1 aromatic carbocycles. The molecule has 1 atom stereocenters. The van der Waals surface area contributed by atoms with Gasteiger partial charge in [0.1, 0.15) is 17.6 Å². The Morgan fingerprint density at radius 1 is 1.28 bits per heavy atom. The molecule has 1 heterocycles. The van der Waals surface area contributed by atoms with E-state index < -0.39 is 23.7 Å². The molecule has 0 saturated carbocycles. The third-order valence-corrected chi connectivity index (χ3v) is 2.76. The maximum absolute atomic E-state index is 13.0. The van der Waals surface area contributed by atoms with Gasteiger partial charge in [-0.2, -0.15) is 21.9 Å². The Balaban J connectivity index is 2.42. The molecule has 0 amide bonds. The van der Waals surface area contributed by atoms with E-state index in [1.807, 2.05) is 0 Å². The van der Waals surface area contributed by atoms with E-state index in [0.29, 0.717) is 12.1 Å². The van der Waals surface area contributed by atoms with Crippen LogP contribution in [0.1, 0.15) is 22.9 Å². The zero-order valence-electron chi connectivity index (χ0n) is 8.65. The van der Waals surface area contributed by atoms with E-state index in [2.05, 4.69) is 8.75 Å². The average molecular weight is 278 g/mol. The Morgan fingerprint density at radius 2 is 2.00 bits per heavy atom. The summed E-state index contributed by atoms with van der Waals surface area (Å²) in [4.78, 5) is 0. The van der Waals surface area contributed by atoms with Crippen LogP contribution in [0.2, 0.25) is 0 Å². The van der Waals surface area contributed by atoms with Crippen molar-refractivity contribution in [3.8, 4) is 0 Å². The van der Waals surface area contributed by atoms with Gasteiger partial charge in [-0.1, -0.05) is 6.07 Å². The number of hydrogen-bond acceptors (Lipinski definition) is 4. The van der Waals surface area contributed by atoms with Gasteiger partial charge in [-0.3, -0.25) is 0 Å². The molecule has 1 unspecified atom stereocenters. The summed E-state index contributed by atoms with van der Waals surface area (Å²) >= 11 is 0.819. The first-order valence-electron chi connectivity index (χ1n) is 4.72. The van der Waals surface area contributed by atoms with E-state index in [1.165, 1.54) is 6.20 Å². The molecule has 0 aliphatic heterocycles. The van der Waals surface area contributed by atoms with Crippen LogP contribution in [0.4, 0.5) is 17.6 Å². The molecular formula is C10H6F4N2OS. The standard InChI is InChI=1S/C10H6F4N2OS/c11-7-2-1-5(3-6(7)10(12,13)14)9(17)8-4-15-18-16-8/h1-4,9,17H. The number of benzene rings is 1. The van der Waals surface area contributed by atoms with Crippen molar-refractivity contribution in [2.75, 3.05) is 0 Å². The number of rotatable bonds is 2. The first kappa shape index (κ1) is 12.9. The highest BCUT2D eigenvalue weighted by Crippen LogP contribution is 2.33. The van der Waals surface area contributed by atoms with Gasteiger partial charge >= 0.3 is 6.18 Å². The second-order valence-electron chi connectivity index (χ2n) is 3.47. The molecule has 1 aromatic heterocycles. The highest BCUT2D eigenvalue weighted by molar-refractivity contribution is 6.99. The Labute approximate surface area is 103 Å². The maximum Gasteiger partial charge on any atom is 0.419 e. The predicted molar refractivity (Wildman–Crippen MR) is 55.4 cm³/mol. The SMILES string of the molecule is OC(c1ccc(F)c(C(F)(F)F)c1)c1cnsn1. The number of aliphatic hydroxyl groups is 1. The van der Waals surface area contributed by atoms with Crippen LogP contribution in [-0.4, -0.2) is 13.9 Å². The summed E-state index contributed by atoms with van der Waals surface area (Å²) in [5.41, 5.74) is -1.38. The largest absolute Gasteiger partial charge is 0.419 e. The summed E-state index contributed by atoms with van der Waals surface area (Å²) < 4.78 is 57.8. The summed E-state index contributed by atoms with van der Waals surface area (Å²) in [6.07, 6.45) is -4.92. The van der Waals surface area contributed by atoms with Gasteiger partial charge in [0.25, 0.3) is 0 Å². The van der Waals surface area contributed by atoms with Crippen molar-refractivity contribution in [1.82, 2.24) is 8.75 Å². The van der Waals surface area contributed by atoms with Crippen molar-refractivity contribution >= 4 is 11.7 Å². The van der Waals surface area contributed by atoms with E-state index in [-0.39, 0.29) is 11.3 Å². The molecule has 96 valence electrons. The second kappa shape index (κ2) is 4.62. The maximum atomic E-state index is 13.0. The van der Waals surface area contributed by atoms with Crippen LogP contribution in [0.3, 0.4) is 0 Å². The Morgan fingerprint density at radius 3 is 2.56 bits per heavy atom. The molecular weight excluding hydrogens is 272 g/mol. The number of aromatic nitrogens is 2. The van der Waals surface area contributed by atoms with Crippen molar-refractivity contribution in [2.24, 2.45) is 0 Å². The molecule has 8 heteroatoms. The van der Waals surface area contributed by atoms with E-state index in [1.54, 1.807) is 0 Å². The fraction of sp³-hybridized carbons (Fsp3) is 0.200. The van der Waals surface area contributed by atoms with Crippen LogP contribution in [0.15, 0.2) is 24.4 Å². The van der Waals surface area contributed by atoms with E-state index >= 15 is 0 Å². The number of aliphatic hydroxyl groups excluding tert-OH is 1. The van der Waals surface area contributed by atoms with Gasteiger partial charge in [-0.15, -0.1) is 0 Å². The summed E-state index contributed by atoms with van der Waals surface area (Å²) in [5.74, 6) is -1.38. The molecule has 2 rings (SSSR count). The second-order valence-corrected chi connectivity index (χ2v) is 4.03. The van der Waals surface area contributed by atoms with Gasteiger partial charge in [-0.05, 0) is 17.7 Å².